The molecule has 0 N–H and O–H groups in total. The number of thiophene rings is 1. The maximum atomic E-state index is 4.25. The van der Waals surface area contributed by atoms with Crippen LogP contribution in [-0.2, 0) is 6.42 Å². The molecule has 0 radical (unpaired) electrons. The van der Waals surface area contributed by atoms with E-state index in [0.29, 0.717) is 0 Å². The number of rotatable bonds is 6. The lowest BCUT2D eigenvalue weighted by atomic mass is 10.1. The number of hydrogen-bond donors (Lipinski definition) is 0. The summed E-state index contributed by atoms with van der Waals surface area (Å²) in [5.74, 6) is 0. The molecule has 0 atom stereocenters. The van der Waals surface area contributed by atoms with Crippen molar-refractivity contribution in [2.45, 2.75) is 46.0 Å². The van der Waals surface area contributed by atoms with Crippen LogP contribution in [0.1, 0.15) is 43.2 Å². The predicted octanol–water partition coefficient (Wildman–Crippen LogP) is 5.24. The molecule has 0 amide bonds. The first-order valence-corrected chi connectivity index (χ1v) is 7.63. The first-order valence-electron chi connectivity index (χ1n) is 6.81. The standard InChI is InChI=1S/C16H21NS/c1-3-4-5-6-7-15-8-9-16(18-15)14-10-11-17-13(2)12-14/h8-12H,3-7H2,1-2H3. The molecule has 0 saturated heterocycles. The molecule has 2 rings (SSSR count). The van der Waals surface area contributed by atoms with E-state index in [1.165, 1.54) is 47.4 Å². The Morgan fingerprint density at radius 2 is 2.00 bits per heavy atom. The van der Waals surface area contributed by atoms with Crippen LogP contribution in [0, 0.1) is 6.92 Å². The van der Waals surface area contributed by atoms with E-state index in [2.05, 4.69) is 36.2 Å². The number of nitrogens with zero attached hydrogens (tertiary/aromatic N) is 1. The lowest BCUT2D eigenvalue weighted by molar-refractivity contribution is 0.670. The van der Waals surface area contributed by atoms with Gasteiger partial charge < -0.3 is 0 Å². The Morgan fingerprint density at radius 3 is 2.78 bits per heavy atom. The van der Waals surface area contributed by atoms with Crippen LogP contribution in [-0.4, -0.2) is 4.98 Å². The Hall–Kier alpha value is -1.15. The lowest BCUT2D eigenvalue weighted by Gasteiger charge is -1.99. The molecule has 2 heterocycles. The normalized spacial score (nSPS) is 10.8. The van der Waals surface area contributed by atoms with Gasteiger partial charge in [-0.2, -0.15) is 0 Å². The molecular weight excluding hydrogens is 238 g/mol. The van der Waals surface area contributed by atoms with Crippen LogP contribution < -0.4 is 0 Å². The van der Waals surface area contributed by atoms with Gasteiger partial charge in [-0.15, -0.1) is 11.3 Å². The van der Waals surface area contributed by atoms with Crippen LogP contribution in [0.5, 0.6) is 0 Å². The number of hydrogen-bond acceptors (Lipinski definition) is 2. The van der Waals surface area contributed by atoms with Gasteiger partial charge >= 0.3 is 0 Å². The molecule has 96 valence electrons. The van der Waals surface area contributed by atoms with Crippen molar-refractivity contribution in [1.82, 2.24) is 4.98 Å². The average molecular weight is 259 g/mol. The molecule has 0 fully saturated rings. The van der Waals surface area contributed by atoms with Crippen molar-refractivity contribution in [2.75, 3.05) is 0 Å². The van der Waals surface area contributed by atoms with Crippen molar-refractivity contribution in [3.63, 3.8) is 0 Å². The van der Waals surface area contributed by atoms with Crippen LogP contribution in [0.4, 0.5) is 0 Å². The molecule has 2 heteroatoms. The largest absolute Gasteiger partial charge is 0.262 e. The van der Waals surface area contributed by atoms with Gasteiger partial charge in [0.1, 0.15) is 0 Å². The highest BCUT2D eigenvalue weighted by molar-refractivity contribution is 7.15. The third-order valence-electron chi connectivity index (χ3n) is 3.12. The highest BCUT2D eigenvalue weighted by Gasteiger charge is 2.03. The van der Waals surface area contributed by atoms with Crippen molar-refractivity contribution < 1.29 is 0 Å². The van der Waals surface area contributed by atoms with Crippen LogP contribution >= 0.6 is 11.3 Å². The summed E-state index contributed by atoms with van der Waals surface area (Å²) in [7, 11) is 0. The van der Waals surface area contributed by atoms with Crippen molar-refractivity contribution in [2.24, 2.45) is 0 Å². The second-order valence-electron chi connectivity index (χ2n) is 4.76. The smallest absolute Gasteiger partial charge is 0.0379 e. The predicted molar refractivity (Wildman–Crippen MR) is 80.1 cm³/mol. The topological polar surface area (TPSA) is 12.9 Å². The Morgan fingerprint density at radius 1 is 1.11 bits per heavy atom. The first-order chi connectivity index (χ1) is 8.79. The van der Waals surface area contributed by atoms with E-state index < -0.39 is 0 Å². The van der Waals surface area contributed by atoms with Gasteiger partial charge in [-0.25, -0.2) is 0 Å². The Labute approximate surface area is 114 Å². The summed E-state index contributed by atoms with van der Waals surface area (Å²) < 4.78 is 0. The minimum absolute atomic E-state index is 1.09. The van der Waals surface area contributed by atoms with Gasteiger partial charge in [0.25, 0.3) is 0 Å². The van der Waals surface area contributed by atoms with Gasteiger partial charge in [0.15, 0.2) is 0 Å². The number of pyridine rings is 1. The van der Waals surface area contributed by atoms with Crippen molar-refractivity contribution in [1.29, 1.82) is 0 Å². The van der Waals surface area contributed by atoms with Crippen LogP contribution in [0.2, 0.25) is 0 Å². The number of aromatic nitrogens is 1. The lowest BCUT2D eigenvalue weighted by Crippen LogP contribution is -1.81. The monoisotopic (exact) mass is 259 g/mol. The van der Waals surface area contributed by atoms with E-state index in [1.54, 1.807) is 0 Å². The molecule has 0 aliphatic rings. The molecule has 0 aliphatic heterocycles. The third-order valence-corrected chi connectivity index (χ3v) is 4.31. The minimum atomic E-state index is 1.09. The maximum Gasteiger partial charge on any atom is 0.0379 e. The van der Waals surface area contributed by atoms with Crippen molar-refractivity contribution in [3.05, 3.63) is 41.0 Å². The van der Waals surface area contributed by atoms with E-state index in [9.17, 15) is 0 Å². The fraction of sp³-hybridized carbons (Fsp3) is 0.438. The van der Waals surface area contributed by atoms with Gasteiger partial charge in [0.05, 0.1) is 0 Å². The molecule has 2 aromatic heterocycles. The molecule has 0 unspecified atom stereocenters. The summed E-state index contributed by atoms with van der Waals surface area (Å²) in [6.45, 7) is 4.30. The van der Waals surface area contributed by atoms with E-state index >= 15 is 0 Å². The fourth-order valence-electron chi connectivity index (χ4n) is 2.09. The zero-order chi connectivity index (χ0) is 12.8. The van der Waals surface area contributed by atoms with E-state index in [4.69, 9.17) is 0 Å². The molecule has 1 nitrogen and oxygen atoms in total. The Kier molecular flexibility index (Phi) is 4.94. The third kappa shape index (κ3) is 3.67. The van der Waals surface area contributed by atoms with Gasteiger partial charge in [-0.3, -0.25) is 4.98 Å². The zero-order valence-electron chi connectivity index (χ0n) is 11.3. The Balaban J connectivity index is 1.97. The summed E-state index contributed by atoms with van der Waals surface area (Å²) in [6.07, 6.45) is 8.48. The van der Waals surface area contributed by atoms with Crippen LogP contribution in [0.25, 0.3) is 10.4 Å². The van der Waals surface area contributed by atoms with Crippen LogP contribution in [0.15, 0.2) is 30.5 Å². The summed E-state index contributed by atoms with van der Waals surface area (Å²) >= 11 is 1.92. The summed E-state index contributed by atoms with van der Waals surface area (Å²) in [6, 6.07) is 8.78. The van der Waals surface area contributed by atoms with Crippen molar-refractivity contribution >= 4 is 11.3 Å². The second-order valence-corrected chi connectivity index (χ2v) is 5.93. The molecule has 0 aliphatic carbocycles. The zero-order valence-corrected chi connectivity index (χ0v) is 12.1. The fourth-order valence-corrected chi connectivity index (χ4v) is 3.14. The van der Waals surface area contributed by atoms with Gasteiger partial charge in [-0.1, -0.05) is 26.2 Å². The van der Waals surface area contributed by atoms with E-state index in [0.717, 1.165) is 5.69 Å². The summed E-state index contributed by atoms with van der Waals surface area (Å²) in [4.78, 5) is 7.12. The quantitative estimate of drug-likeness (QED) is 0.646. The summed E-state index contributed by atoms with van der Waals surface area (Å²) in [5, 5.41) is 0. The highest BCUT2D eigenvalue weighted by atomic mass is 32.1. The molecule has 0 spiro atoms. The minimum Gasteiger partial charge on any atom is -0.262 e. The van der Waals surface area contributed by atoms with Crippen molar-refractivity contribution in [3.8, 4) is 10.4 Å². The van der Waals surface area contributed by atoms with Crippen LogP contribution in [0.3, 0.4) is 0 Å². The highest BCUT2D eigenvalue weighted by Crippen LogP contribution is 2.29. The van der Waals surface area contributed by atoms with Gasteiger partial charge in [0, 0.05) is 21.6 Å². The first kappa shape index (κ1) is 13.3. The number of aryl methyl sites for hydroxylation is 2. The average Bonchev–Trinajstić information content (AvgIpc) is 2.83. The molecule has 2 aromatic rings. The van der Waals surface area contributed by atoms with Gasteiger partial charge in [-0.05, 0) is 49.6 Å². The number of unbranched alkanes of at least 4 members (excludes halogenated alkanes) is 3. The summed E-state index contributed by atoms with van der Waals surface area (Å²) in [5.41, 5.74) is 2.39. The van der Waals surface area contributed by atoms with E-state index in [-0.39, 0.29) is 0 Å². The molecule has 0 aromatic carbocycles. The van der Waals surface area contributed by atoms with E-state index in [1.807, 2.05) is 24.5 Å². The molecule has 18 heavy (non-hydrogen) atoms. The maximum absolute atomic E-state index is 4.25. The SMILES string of the molecule is CCCCCCc1ccc(-c2ccnc(C)c2)s1. The second kappa shape index (κ2) is 6.69. The molecule has 0 bridgehead atoms. The molecule has 0 saturated carbocycles. The Bertz CT molecular complexity index is 487. The molecular formula is C16H21NS. The van der Waals surface area contributed by atoms with Gasteiger partial charge in [0.2, 0.25) is 0 Å².